The van der Waals surface area contributed by atoms with E-state index in [-0.39, 0.29) is 48.0 Å². The van der Waals surface area contributed by atoms with Crippen LogP contribution in [0.3, 0.4) is 0 Å². The molecule has 5 rings (SSSR count). The number of hydrogen-bond donors (Lipinski definition) is 5. The molecule has 2 saturated carbocycles. The maximum Gasteiger partial charge on any atom is 0.407 e. The van der Waals surface area contributed by atoms with Gasteiger partial charge in [0.1, 0.15) is 40.6 Å². The van der Waals surface area contributed by atoms with Crippen molar-refractivity contribution in [3.8, 4) is 0 Å². The number of carbonyl (C=O) groups is 2. The van der Waals surface area contributed by atoms with E-state index in [2.05, 4.69) is 57.5 Å². The molecule has 0 aromatic heterocycles. The van der Waals surface area contributed by atoms with Gasteiger partial charge in [0.05, 0.1) is 24.8 Å². The number of nitrogens with two attached hydrogens (primary N) is 1. The molecule has 14 heteroatoms. The highest BCUT2D eigenvalue weighted by Crippen LogP contribution is 2.41. The maximum atomic E-state index is 13.7. The Morgan fingerprint density at radius 3 is 1.52 bits per heavy atom. The molecule has 1 heterocycles. The average molecular weight is 909 g/mol. The fourth-order valence-electron chi connectivity index (χ4n) is 7.20. The Hall–Kier alpha value is -3.46. The zero-order chi connectivity index (χ0) is 48.3. The molecule has 1 aliphatic heterocycles. The van der Waals surface area contributed by atoms with Gasteiger partial charge in [-0.3, -0.25) is 0 Å². The van der Waals surface area contributed by atoms with Crippen molar-refractivity contribution in [2.75, 3.05) is 13.2 Å². The second-order valence-electron chi connectivity index (χ2n) is 22.8. The summed E-state index contributed by atoms with van der Waals surface area (Å²) in [5, 5.41) is 19.7. The first-order chi connectivity index (χ1) is 29.3. The second kappa shape index (κ2) is 22.8. The van der Waals surface area contributed by atoms with Gasteiger partial charge in [0, 0.05) is 29.8 Å². The van der Waals surface area contributed by atoms with Crippen molar-refractivity contribution in [1.29, 1.82) is 0 Å². The third-order valence-electron chi connectivity index (χ3n) is 11.0. The maximum absolute atomic E-state index is 13.7. The normalized spacial score (nSPS) is 18.8. The highest BCUT2D eigenvalue weighted by Gasteiger charge is 2.42. The summed E-state index contributed by atoms with van der Waals surface area (Å²) in [6, 6.07) is 5.39. The Morgan fingerprint density at radius 1 is 0.703 bits per heavy atom. The molecule has 364 valence electrons. The van der Waals surface area contributed by atoms with Crippen LogP contribution in [-0.4, -0.2) is 77.0 Å². The first-order valence-electron chi connectivity index (χ1n) is 23.0. The van der Waals surface area contributed by atoms with Crippen LogP contribution in [0.1, 0.15) is 158 Å². The van der Waals surface area contributed by atoms with Crippen LogP contribution in [0.4, 0.5) is 27.2 Å². The molecule has 3 aliphatic rings. The predicted octanol–water partition coefficient (Wildman–Crippen LogP) is 10.6. The van der Waals surface area contributed by atoms with E-state index in [0.717, 1.165) is 44.2 Å². The first kappa shape index (κ1) is 54.9. The van der Waals surface area contributed by atoms with Crippen molar-refractivity contribution in [2.45, 2.75) is 207 Å². The molecule has 4 unspecified atom stereocenters. The topological polar surface area (TPSA) is 147 Å². The highest BCUT2D eigenvalue weighted by molar-refractivity contribution is 5.68. The van der Waals surface area contributed by atoms with Crippen LogP contribution in [0.25, 0.3) is 0 Å². The molecule has 6 N–H and O–H groups in total. The van der Waals surface area contributed by atoms with Gasteiger partial charge in [0.15, 0.2) is 0 Å². The number of rotatable bonds is 17. The third-order valence-corrected chi connectivity index (χ3v) is 11.0. The van der Waals surface area contributed by atoms with Gasteiger partial charge in [-0.05, 0) is 152 Å². The minimum absolute atomic E-state index is 0.0354. The van der Waals surface area contributed by atoms with Gasteiger partial charge in [0.25, 0.3) is 0 Å². The number of halogens is 4. The molecular formula is C50H80F4N4O6. The smallest absolute Gasteiger partial charge is 0.407 e. The Bertz CT molecular complexity index is 1740. The number of alkyl carbamates (subject to hydrolysis) is 2. The number of carbonyl (C=O) groups excluding carboxylic acids is 2. The monoisotopic (exact) mass is 909 g/mol. The molecule has 4 atom stereocenters. The van der Waals surface area contributed by atoms with Gasteiger partial charge in [0.2, 0.25) is 0 Å². The summed E-state index contributed by atoms with van der Waals surface area (Å²) in [6.07, 6.45) is 9.78. The fourth-order valence-corrected chi connectivity index (χ4v) is 7.20. The van der Waals surface area contributed by atoms with Crippen molar-refractivity contribution in [3.63, 3.8) is 0 Å². The molecule has 2 aliphatic carbocycles. The fraction of sp³-hybridized carbons (Fsp3) is 0.720. The van der Waals surface area contributed by atoms with E-state index in [0.29, 0.717) is 23.1 Å². The second-order valence-corrected chi connectivity index (χ2v) is 22.8. The van der Waals surface area contributed by atoms with E-state index < -0.39 is 58.8 Å². The van der Waals surface area contributed by atoms with Crippen LogP contribution in [0.15, 0.2) is 36.4 Å². The Labute approximate surface area is 380 Å². The minimum Gasteiger partial charge on any atom is -0.444 e. The van der Waals surface area contributed by atoms with Crippen molar-refractivity contribution >= 4 is 12.2 Å². The molecule has 0 spiro atoms. The quantitative estimate of drug-likeness (QED) is 0.0779. The van der Waals surface area contributed by atoms with Crippen molar-refractivity contribution in [3.05, 3.63) is 70.8 Å². The minimum atomic E-state index is -0.950. The Kier molecular flexibility index (Phi) is 19.6. The number of ether oxygens (including phenoxy) is 3. The Balaban J connectivity index is 0.000000289. The Morgan fingerprint density at radius 2 is 1.12 bits per heavy atom. The number of aliphatic hydroxyl groups is 1. The van der Waals surface area contributed by atoms with Crippen molar-refractivity contribution in [2.24, 2.45) is 16.6 Å². The van der Waals surface area contributed by atoms with E-state index in [1.807, 2.05) is 0 Å². The summed E-state index contributed by atoms with van der Waals surface area (Å²) < 4.78 is 69.4. The van der Waals surface area contributed by atoms with Gasteiger partial charge in [-0.2, -0.15) is 0 Å². The number of hydrogen-bond acceptors (Lipinski definition) is 8. The van der Waals surface area contributed by atoms with Crippen molar-refractivity contribution in [1.82, 2.24) is 16.0 Å². The number of benzene rings is 2. The van der Waals surface area contributed by atoms with Crippen LogP contribution >= 0.6 is 0 Å². The molecule has 1 saturated heterocycles. The van der Waals surface area contributed by atoms with E-state index in [9.17, 15) is 32.3 Å². The number of epoxide rings is 1. The van der Waals surface area contributed by atoms with Gasteiger partial charge < -0.3 is 41.0 Å². The molecule has 3 fully saturated rings. The summed E-state index contributed by atoms with van der Waals surface area (Å²) in [5.41, 5.74) is 6.57. The lowest BCUT2D eigenvalue weighted by Gasteiger charge is -2.29. The van der Waals surface area contributed by atoms with Crippen LogP contribution in [-0.2, 0) is 27.1 Å². The molecule has 0 bridgehead atoms. The summed E-state index contributed by atoms with van der Waals surface area (Å²) in [4.78, 5) is 24.1. The standard InChI is InChI=1S/C25H40F2N2O3.C15H19F2NO3.C10H21N/c1-23(2,3)8-7-9-25(10-11-25)28-16-21(30)20(29-22(31)32-24(4,5)6)14-17-12-18(26)15-19(27)13-17;1-15(2,3)21-14(19)18-12(13-8-20-13)6-9-4-10(16)7-11(17)5-9;1-9(2,3)5-4-6-10(11)7-8-10/h12-13,15,20-21,28,30H,7-11,14,16H2,1-6H3,(H,29,31);4-5,7,12-13H,6,8H2,1-3H3,(H,18,19);4-8,11H2,1-3H3. The van der Waals surface area contributed by atoms with Crippen molar-refractivity contribution < 1.29 is 46.5 Å². The average Bonchev–Trinajstić information content (AvgIpc) is 3.98. The SMILES string of the molecule is CC(C)(C)CCCC1(N)CC1.CC(C)(C)CCCC1(NCC(O)C(Cc2cc(F)cc(F)c2)NC(=O)OC(C)(C)C)CC1.CC(C)(C)OC(=O)NC(Cc1cc(F)cc(F)c1)C1CO1. The summed E-state index contributed by atoms with van der Waals surface area (Å²) in [5.74, 6) is -2.67. The van der Waals surface area contributed by atoms with E-state index in [1.165, 1.54) is 56.4 Å². The van der Waals surface area contributed by atoms with E-state index >= 15 is 0 Å². The number of amides is 2. The number of aliphatic hydroxyl groups excluding tert-OH is 1. The molecule has 2 aromatic carbocycles. The van der Waals surface area contributed by atoms with Crippen LogP contribution in [0.2, 0.25) is 0 Å². The zero-order valence-corrected chi connectivity index (χ0v) is 40.8. The lowest BCUT2D eigenvalue weighted by atomic mass is 9.88. The highest BCUT2D eigenvalue weighted by atomic mass is 19.1. The van der Waals surface area contributed by atoms with Gasteiger partial charge >= 0.3 is 12.2 Å². The van der Waals surface area contributed by atoms with Gasteiger partial charge in [-0.25, -0.2) is 27.2 Å². The molecule has 10 nitrogen and oxygen atoms in total. The summed E-state index contributed by atoms with van der Waals surface area (Å²) in [6.45, 7) is 24.9. The van der Waals surface area contributed by atoms with Gasteiger partial charge in [-0.15, -0.1) is 0 Å². The predicted molar refractivity (Wildman–Crippen MR) is 245 cm³/mol. The van der Waals surface area contributed by atoms with Gasteiger partial charge in [-0.1, -0.05) is 54.4 Å². The number of nitrogens with one attached hydrogen (secondary N) is 3. The third kappa shape index (κ3) is 24.2. The molecule has 0 radical (unpaired) electrons. The van der Waals surface area contributed by atoms with E-state index in [4.69, 9.17) is 19.9 Å². The molecule has 2 aromatic rings. The van der Waals surface area contributed by atoms with E-state index in [1.54, 1.807) is 41.5 Å². The molecule has 2 amide bonds. The summed E-state index contributed by atoms with van der Waals surface area (Å²) in [7, 11) is 0. The van der Waals surface area contributed by atoms with Crippen LogP contribution in [0, 0.1) is 34.1 Å². The number of β-amino-alcohol motifs (C(OH)–C–C–N with tert-alkyl or cyclic N) is 1. The summed E-state index contributed by atoms with van der Waals surface area (Å²) >= 11 is 0. The molecular weight excluding hydrogens is 829 g/mol. The largest absolute Gasteiger partial charge is 0.444 e. The zero-order valence-electron chi connectivity index (χ0n) is 40.8. The first-order valence-corrected chi connectivity index (χ1v) is 23.0. The van der Waals surface area contributed by atoms with Crippen LogP contribution < -0.4 is 21.7 Å². The lowest BCUT2D eigenvalue weighted by molar-refractivity contribution is 0.0417. The van der Waals surface area contributed by atoms with Crippen LogP contribution in [0.5, 0.6) is 0 Å². The molecule has 64 heavy (non-hydrogen) atoms. The lowest BCUT2D eigenvalue weighted by Crippen LogP contribution is -2.51.